The number of hydrogen-bond acceptors (Lipinski definition) is 3. The van der Waals surface area contributed by atoms with Crippen LogP contribution in [-0.4, -0.2) is 25.0 Å². The van der Waals surface area contributed by atoms with Crippen molar-refractivity contribution < 1.29 is 23.1 Å². The molecule has 146 valence electrons. The Hall–Kier alpha value is -3.22. The predicted molar refractivity (Wildman–Crippen MR) is 103 cm³/mol. The van der Waals surface area contributed by atoms with E-state index in [4.69, 9.17) is 0 Å². The second-order valence-corrected chi connectivity index (χ2v) is 6.32. The molecule has 0 spiro atoms. The summed E-state index contributed by atoms with van der Waals surface area (Å²) in [7, 11) is 0. The molecule has 1 heterocycles. The monoisotopic (exact) mass is 386 g/mol. The molecule has 28 heavy (non-hydrogen) atoms. The van der Waals surface area contributed by atoms with Crippen molar-refractivity contribution in [3.05, 3.63) is 60.2 Å². The fourth-order valence-corrected chi connectivity index (χ4v) is 2.95. The molecule has 0 radical (unpaired) electrons. The third-order valence-corrected chi connectivity index (χ3v) is 4.28. The number of halogens is 2. The topological polar surface area (TPSA) is 58.6 Å². The molecule has 2 aromatic carbocycles. The minimum atomic E-state index is -2.87. The van der Waals surface area contributed by atoms with Crippen LogP contribution in [0.4, 0.5) is 20.2 Å². The van der Waals surface area contributed by atoms with E-state index in [0.717, 1.165) is 18.5 Å². The van der Waals surface area contributed by atoms with E-state index < -0.39 is 6.61 Å². The van der Waals surface area contributed by atoms with Gasteiger partial charge in [0, 0.05) is 30.4 Å². The van der Waals surface area contributed by atoms with Gasteiger partial charge in [0.15, 0.2) is 0 Å². The van der Waals surface area contributed by atoms with E-state index in [9.17, 15) is 18.4 Å². The Morgan fingerprint density at radius 3 is 2.64 bits per heavy atom. The van der Waals surface area contributed by atoms with Crippen LogP contribution in [-0.2, 0) is 9.59 Å². The minimum absolute atomic E-state index is 0.0562. The normalized spacial score (nSPS) is 14.5. The van der Waals surface area contributed by atoms with Crippen molar-refractivity contribution in [3.8, 4) is 5.75 Å². The molecule has 1 aliphatic rings. The van der Waals surface area contributed by atoms with E-state index in [1.165, 1.54) is 18.2 Å². The number of piperidine rings is 1. The summed E-state index contributed by atoms with van der Waals surface area (Å²) >= 11 is 0. The van der Waals surface area contributed by atoms with Crippen LogP contribution < -0.4 is 15.0 Å². The highest BCUT2D eigenvalue weighted by Crippen LogP contribution is 2.24. The van der Waals surface area contributed by atoms with E-state index in [2.05, 4.69) is 10.1 Å². The number of nitrogens with one attached hydrogen (secondary N) is 1. The lowest BCUT2D eigenvalue weighted by atomic mass is 10.1. The maximum atomic E-state index is 12.1. The highest BCUT2D eigenvalue weighted by molar-refractivity contribution is 6.02. The zero-order valence-corrected chi connectivity index (χ0v) is 15.1. The van der Waals surface area contributed by atoms with E-state index in [0.29, 0.717) is 24.2 Å². The van der Waals surface area contributed by atoms with Crippen molar-refractivity contribution in [2.75, 3.05) is 16.8 Å². The van der Waals surface area contributed by atoms with E-state index in [-0.39, 0.29) is 17.6 Å². The van der Waals surface area contributed by atoms with Crippen LogP contribution >= 0.6 is 0 Å². The van der Waals surface area contributed by atoms with Crippen LogP contribution in [0, 0.1) is 0 Å². The summed E-state index contributed by atoms with van der Waals surface area (Å²) in [5.41, 5.74) is 2.02. The predicted octanol–water partition coefficient (Wildman–Crippen LogP) is 4.46. The van der Waals surface area contributed by atoms with Crippen molar-refractivity contribution >= 4 is 29.3 Å². The van der Waals surface area contributed by atoms with Gasteiger partial charge in [0.2, 0.25) is 11.8 Å². The van der Waals surface area contributed by atoms with E-state index in [1.807, 2.05) is 6.07 Å². The second kappa shape index (κ2) is 9.12. The third kappa shape index (κ3) is 5.39. The van der Waals surface area contributed by atoms with Gasteiger partial charge in [-0.3, -0.25) is 9.59 Å². The first-order valence-electron chi connectivity index (χ1n) is 8.95. The molecular formula is C21H20F2N2O3. The molecule has 0 saturated carbocycles. The molecule has 2 aromatic rings. The molecule has 0 unspecified atom stereocenters. The highest BCUT2D eigenvalue weighted by Gasteiger charge is 2.19. The van der Waals surface area contributed by atoms with Crippen LogP contribution in [0.3, 0.4) is 0 Å². The van der Waals surface area contributed by atoms with Crippen LogP contribution in [0.1, 0.15) is 24.8 Å². The molecule has 1 aliphatic heterocycles. The maximum absolute atomic E-state index is 12.1. The van der Waals surface area contributed by atoms with Gasteiger partial charge in [0.25, 0.3) is 0 Å². The Kier molecular flexibility index (Phi) is 6.37. The molecule has 7 heteroatoms. The van der Waals surface area contributed by atoms with Gasteiger partial charge in [-0.05, 0) is 54.8 Å². The van der Waals surface area contributed by atoms with Crippen LogP contribution in [0.5, 0.6) is 5.75 Å². The Labute approximate surface area is 161 Å². The van der Waals surface area contributed by atoms with E-state index >= 15 is 0 Å². The molecule has 1 saturated heterocycles. The maximum Gasteiger partial charge on any atom is 0.387 e. The number of benzene rings is 2. The Bertz CT molecular complexity index is 866. The number of anilines is 2. The number of carbonyl (C=O) groups excluding carboxylic acids is 2. The number of hydrogen-bond donors (Lipinski definition) is 1. The first-order valence-corrected chi connectivity index (χ1v) is 8.95. The zero-order valence-electron chi connectivity index (χ0n) is 15.1. The Morgan fingerprint density at radius 1 is 1.14 bits per heavy atom. The smallest absolute Gasteiger partial charge is 0.387 e. The summed E-state index contributed by atoms with van der Waals surface area (Å²) in [5, 5.41) is 2.76. The summed E-state index contributed by atoms with van der Waals surface area (Å²) in [4.78, 5) is 25.9. The molecule has 1 fully saturated rings. The number of nitrogens with zero attached hydrogens (tertiary/aromatic N) is 1. The van der Waals surface area contributed by atoms with Gasteiger partial charge in [-0.1, -0.05) is 18.2 Å². The molecule has 5 nitrogen and oxygen atoms in total. The standard InChI is InChI=1S/C21H20F2N2O3/c22-21(23)28-18-10-7-15(8-11-18)9-12-19(26)24-16-4-3-5-17(14-16)25-13-2-1-6-20(25)27/h3-5,7-12,14,21H,1-2,6,13H2,(H,24,26)/b12-9+. The summed E-state index contributed by atoms with van der Waals surface area (Å²) in [5.74, 6) is -0.190. The lowest BCUT2D eigenvalue weighted by Crippen LogP contribution is -2.35. The average molecular weight is 386 g/mol. The fraction of sp³-hybridized carbons (Fsp3) is 0.238. The van der Waals surface area contributed by atoms with Crippen molar-refractivity contribution in [1.29, 1.82) is 0 Å². The van der Waals surface area contributed by atoms with Gasteiger partial charge in [0.05, 0.1) is 0 Å². The lowest BCUT2D eigenvalue weighted by Gasteiger charge is -2.27. The summed E-state index contributed by atoms with van der Waals surface area (Å²) in [6.45, 7) is -2.19. The molecule has 1 N–H and O–H groups in total. The molecule has 2 amide bonds. The third-order valence-electron chi connectivity index (χ3n) is 4.28. The quantitative estimate of drug-likeness (QED) is 0.746. The highest BCUT2D eigenvalue weighted by atomic mass is 19.3. The molecule has 0 bridgehead atoms. The molecule has 0 atom stereocenters. The number of rotatable bonds is 6. The lowest BCUT2D eigenvalue weighted by molar-refractivity contribution is -0.119. The minimum Gasteiger partial charge on any atom is -0.435 e. The Morgan fingerprint density at radius 2 is 1.93 bits per heavy atom. The van der Waals surface area contributed by atoms with Gasteiger partial charge >= 0.3 is 6.61 Å². The largest absolute Gasteiger partial charge is 0.435 e. The van der Waals surface area contributed by atoms with Crippen LogP contribution in [0.2, 0.25) is 0 Å². The average Bonchev–Trinajstić information content (AvgIpc) is 2.67. The summed E-state index contributed by atoms with van der Waals surface area (Å²) < 4.78 is 28.6. The number of alkyl halides is 2. The fourth-order valence-electron chi connectivity index (χ4n) is 2.95. The summed E-state index contributed by atoms with van der Waals surface area (Å²) in [6.07, 6.45) is 5.33. The number of ether oxygens (including phenoxy) is 1. The van der Waals surface area contributed by atoms with Crippen molar-refractivity contribution in [1.82, 2.24) is 0 Å². The second-order valence-electron chi connectivity index (χ2n) is 6.32. The van der Waals surface area contributed by atoms with Gasteiger partial charge < -0.3 is 15.0 Å². The zero-order chi connectivity index (χ0) is 19.9. The van der Waals surface area contributed by atoms with Gasteiger partial charge in [-0.2, -0.15) is 8.78 Å². The molecular weight excluding hydrogens is 366 g/mol. The number of carbonyl (C=O) groups is 2. The molecule has 0 aromatic heterocycles. The summed E-state index contributed by atoms with van der Waals surface area (Å²) in [6, 6.07) is 13.1. The van der Waals surface area contributed by atoms with E-state index in [1.54, 1.807) is 41.3 Å². The van der Waals surface area contributed by atoms with Crippen LogP contribution in [0.15, 0.2) is 54.6 Å². The molecule has 0 aliphatic carbocycles. The van der Waals surface area contributed by atoms with Crippen molar-refractivity contribution in [2.24, 2.45) is 0 Å². The SMILES string of the molecule is O=C(/C=C/c1ccc(OC(F)F)cc1)Nc1cccc(N2CCCCC2=O)c1. The first-order chi connectivity index (χ1) is 13.5. The first kappa shape index (κ1) is 19.5. The molecule has 3 rings (SSSR count). The van der Waals surface area contributed by atoms with Crippen molar-refractivity contribution in [3.63, 3.8) is 0 Å². The van der Waals surface area contributed by atoms with Crippen LogP contribution in [0.25, 0.3) is 6.08 Å². The van der Waals surface area contributed by atoms with Gasteiger partial charge in [0.1, 0.15) is 5.75 Å². The number of amides is 2. The van der Waals surface area contributed by atoms with Gasteiger partial charge in [-0.15, -0.1) is 0 Å². The van der Waals surface area contributed by atoms with Crippen molar-refractivity contribution in [2.45, 2.75) is 25.9 Å². The van der Waals surface area contributed by atoms with Gasteiger partial charge in [-0.25, -0.2) is 0 Å². The Balaban J connectivity index is 1.60.